The highest BCUT2D eigenvalue weighted by Gasteiger charge is 2.24. The molecule has 2 aromatic rings. The fourth-order valence-corrected chi connectivity index (χ4v) is 3.87. The minimum absolute atomic E-state index is 0.158. The van der Waals surface area contributed by atoms with Crippen molar-refractivity contribution in [3.05, 3.63) is 77.4 Å². The maximum absolute atomic E-state index is 9.84. The second kappa shape index (κ2) is 7.19. The van der Waals surface area contributed by atoms with E-state index < -0.39 is 0 Å². The van der Waals surface area contributed by atoms with Gasteiger partial charge in [-0.25, -0.2) is 0 Å². The third-order valence-corrected chi connectivity index (χ3v) is 5.18. The van der Waals surface area contributed by atoms with Crippen LogP contribution in [0.3, 0.4) is 0 Å². The summed E-state index contributed by atoms with van der Waals surface area (Å²) in [6.07, 6.45) is 5.39. The molecular formula is C23H21NO2. The average molecular weight is 343 g/mol. The number of nitrogens with zero attached hydrogens (tertiary/aromatic N) is 1. The van der Waals surface area contributed by atoms with Crippen LogP contribution in [0.4, 0.5) is 0 Å². The lowest BCUT2D eigenvalue weighted by molar-refractivity contribution is 0.127. The third-order valence-electron chi connectivity index (χ3n) is 5.18. The van der Waals surface area contributed by atoms with E-state index in [1.165, 1.54) is 11.1 Å². The molecule has 1 aliphatic heterocycles. The summed E-state index contributed by atoms with van der Waals surface area (Å²) in [6, 6.07) is 18.7. The van der Waals surface area contributed by atoms with Crippen LogP contribution in [-0.4, -0.2) is 20.3 Å². The number of hydrogen-bond donors (Lipinski definition) is 0. The SMILES string of the molecule is COc1ccc([C@H]2/C=C(/C#N)c3ccccc3C3=C[C@@H](COC3)C2)cc1. The molecule has 2 aromatic carbocycles. The quantitative estimate of drug-likeness (QED) is 0.785. The number of benzene rings is 2. The molecule has 0 aromatic heterocycles. The van der Waals surface area contributed by atoms with Crippen LogP contribution in [0, 0.1) is 17.2 Å². The smallest absolute Gasteiger partial charge is 0.118 e. The molecule has 1 aliphatic carbocycles. The molecule has 1 heterocycles. The Morgan fingerprint density at radius 2 is 1.81 bits per heavy atom. The van der Waals surface area contributed by atoms with Gasteiger partial charge in [0, 0.05) is 11.8 Å². The summed E-state index contributed by atoms with van der Waals surface area (Å²) in [4.78, 5) is 0. The summed E-state index contributed by atoms with van der Waals surface area (Å²) in [6.45, 7) is 1.34. The Kier molecular flexibility index (Phi) is 4.60. The van der Waals surface area contributed by atoms with E-state index in [1.807, 2.05) is 30.3 Å². The van der Waals surface area contributed by atoms with Crippen molar-refractivity contribution < 1.29 is 9.47 Å². The summed E-state index contributed by atoms with van der Waals surface area (Å²) < 4.78 is 11.2. The highest BCUT2D eigenvalue weighted by molar-refractivity contribution is 5.86. The van der Waals surface area contributed by atoms with Crippen molar-refractivity contribution >= 4 is 11.1 Å². The summed E-state index contributed by atoms with van der Waals surface area (Å²) in [5, 5.41) is 9.84. The molecule has 26 heavy (non-hydrogen) atoms. The van der Waals surface area contributed by atoms with Gasteiger partial charge in [0.15, 0.2) is 0 Å². The number of rotatable bonds is 2. The fourth-order valence-electron chi connectivity index (χ4n) is 3.87. The zero-order chi connectivity index (χ0) is 17.9. The molecule has 0 unspecified atom stereocenters. The third kappa shape index (κ3) is 3.16. The standard InChI is InChI=1S/C23H21NO2/c1-25-21-8-6-17(7-9-21)18-10-16-11-20(15-26-14-16)23-5-3-2-4-22(23)19(12-18)13-24/h2-9,11-12,16,18H,10,14-15H2,1H3/b19-12-/t16-,18+/m0/s1. The number of ether oxygens (including phenoxy) is 2. The molecule has 3 nitrogen and oxygen atoms in total. The molecule has 2 atom stereocenters. The van der Waals surface area contributed by atoms with Gasteiger partial charge in [-0.15, -0.1) is 0 Å². The first-order chi connectivity index (χ1) is 12.8. The van der Waals surface area contributed by atoms with Gasteiger partial charge >= 0.3 is 0 Å². The maximum atomic E-state index is 9.84. The Bertz CT molecular complexity index is 903. The van der Waals surface area contributed by atoms with E-state index in [9.17, 15) is 5.26 Å². The van der Waals surface area contributed by atoms with Crippen LogP contribution in [0.25, 0.3) is 11.1 Å². The monoisotopic (exact) mass is 343 g/mol. The molecule has 130 valence electrons. The predicted octanol–water partition coefficient (Wildman–Crippen LogP) is 4.82. The molecule has 0 amide bonds. The van der Waals surface area contributed by atoms with Crippen LogP contribution in [0.5, 0.6) is 5.75 Å². The van der Waals surface area contributed by atoms with E-state index in [0.717, 1.165) is 35.5 Å². The fraction of sp³-hybridized carbons (Fsp3) is 0.261. The summed E-state index contributed by atoms with van der Waals surface area (Å²) >= 11 is 0. The Morgan fingerprint density at radius 3 is 2.54 bits per heavy atom. The number of allylic oxidation sites excluding steroid dienone is 2. The van der Waals surface area contributed by atoms with Gasteiger partial charge in [0.25, 0.3) is 0 Å². The largest absolute Gasteiger partial charge is 0.497 e. The van der Waals surface area contributed by atoms with E-state index in [1.54, 1.807) is 7.11 Å². The lowest BCUT2D eigenvalue weighted by atomic mass is 9.86. The van der Waals surface area contributed by atoms with Gasteiger partial charge in [0.2, 0.25) is 0 Å². The van der Waals surface area contributed by atoms with E-state index >= 15 is 0 Å². The summed E-state index contributed by atoms with van der Waals surface area (Å²) in [5.74, 6) is 1.34. The summed E-state index contributed by atoms with van der Waals surface area (Å²) in [7, 11) is 1.67. The number of nitriles is 1. The normalized spacial score (nSPS) is 23.8. The Morgan fingerprint density at radius 1 is 1.04 bits per heavy atom. The van der Waals surface area contributed by atoms with Gasteiger partial charge in [0.05, 0.1) is 32.0 Å². The van der Waals surface area contributed by atoms with Crippen LogP contribution >= 0.6 is 0 Å². The minimum atomic E-state index is 0.158. The molecular weight excluding hydrogens is 322 g/mol. The molecule has 0 fully saturated rings. The Hall–Kier alpha value is -2.83. The lowest BCUT2D eigenvalue weighted by Crippen LogP contribution is -2.17. The van der Waals surface area contributed by atoms with Gasteiger partial charge in [-0.2, -0.15) is 5.26 Å². The molecule has 2 bridgehead atoms. The van der Waals surface area contributed by atoms with Crippen LogP contribution in [0.2, 0.25) is 0 Å². The van der Waals surface area contributed by atoms with Crippen molar-refractivity contribution in [2.75, 3.05) is 20.3 Å². The van der Waals surface area contributed by atoms with Gasteiger partial charge in [-0.1, -0.05) is 48.6 Å². The Balaban J connectivity index is 1.84. The number of hydrogen-bond acceptors (Lipinski definition) is 3. The number of methoxy groups -OCH3 is 1. The van der Waals surface area contributed by atoms with Crippen LogP contribution in [0.15, 0.2) is 60.7 Å². The van der Waals surface area contributed by atoms with E-state index in [0.29, 0.717) is 12.5 Å². The second-order valence-electron chi connectivity index (χ2n) is 6.82. The van der Waals surface area contributed by atoms with Gasteiger partial charge in [0.1, 0.15) is 5.75 Å². The van der Waals surface area contributed by atoms with Crippen molar-refractivity contribution in [1.29, 1.82) is 5.26 Å². The van der Waals surface area contributed by atoms with Crippen molar-refractivity contribution in [1.82, 2.24) is 0 Å². The Labute approximate surface area is 154 Å². The van der Waals surface area contributed by atoms with E-state index in [-0.39, 0.29) is 5.92 Å². The highest BCUT2D eigenvalue weighted by atomic mass is 16.5. The molecule has 3 heteroatoms. The van der Waals surface area contributed by atoms with E-state index in [2.05, 4.69) is 36.4 Å². The molecule has 0 spiro atoms. The van der Waals surface area contributed by atoms with E-state index in [4.69, 9.17) is 9.47 Å². The van der Waals surface area contributed by atoms with Crippen molar-refractivity contribution in [3.8, 4) is 11.8 Å². The molecule has 2 aliphatic rings. The molecule has 0 N–H and O–H groups in total. The first kappa shape index (κ1) is 16.6. The van der Waals surface area contributed by atoms with Crippen molar-refractivity contribution in [2.45, 2.75) is 12.3 Å². The first-order valence-electron chi connectivity index (χ1n) is 8.92. The zero-order valence-electron chi connectivity index (χ0n) is 14.8. The van der Waals surface area contributed by atoms with Crippen LogP contribution < -0.4 is 4.74 Å². The molecule has 0 saturated carbocycles. The van der Waals surface area contributed by atoms with Gasteiger partial charge in [-0.3, -0.25) is 0 Å². The topological polar surface area (TPSA) is 42.2 Å². The summed E-state index contributed by atoms with van der Waals surface area (Å²) in [5.41, 5.74) is 5.22. The molecule has 0 saturated heterocycles. The predicted molar refractivity (Wildman–Crippen MR) is 103 cm³/mol. The molecule has 0 radical (unpaired) electrons. The van der Waals surface area contributed by atoms with Crippen LogP contribution in [0.1, 0.15) is 29.0 Å². The lowest BCUT2D eigenvalue weighted by Gasteiger charge is -2.24. The molecule has 4 rings (SSSR count). The highest BCUT2D eigenvalue weighted by Crippen LogP contribution is 2.37. The van der Waals surface area contributed by atoms with Crippen LogP contribution in [-0.2, 0) is 4.74 Å². The van der Waals surface area contributed by atoms with Gasteiger partial charge in [-0.05, 0) is 40.8 Å². The minimum Gasteiger partial charge on any atom is -0.497 e. The zero-order valence-corrected chi connectivity index (χ0v) is 14.8. The van der Waals surface area contributed by atoms with Crippen molar-refractivity contribution in [2.24, 2.45) is 5.92 Å². The van der Waals surface area contributed by atoms with Gasteiger partial charge < -0.3 is 9.47 Å². The van der Waals surface area contributed by atoms with Crippen molar-refractivity contribution in [3.63, 3.8) is 0 Å². The first-order valence-corrected chi connectivity index (χ1v) is 8.92. The number of fused-ring (bicyclic) bond motifs is 3. The second-order valence-corrected chi connectivity index (χ2v) is 6.82. The maximum Gasteiger partial charge on any atom is 0.118 e. The average Bonchev–Trinajstić information content (AvgIpc) is 2.75.